The summed E-state index contributed by atoms with van der Waals surface area (Å²) in [5, 5.41) is 3.24. The first-order valence-electron chi connectivity index (χ1n) is 5.61. The number of rotatable bonds is 3. The number of nitrogens with zero attached hydrogens (tertiary/aromatic N) is 2. The summed E-state index contributed by atoms with van der Waals surface area (Å²) in [7, 11) is 1.91. The second-order valence-corrected chi connectivity index (χ2v) is 4.23. The third-order valence-electron chi connectivity index (χ3n) is 3.08. The number of hydrogen-bond acceptors (Lipinski definition) is 2. The number of aryl methyl sites for hydroxylation is 1. The highest BCUT2D eigenvalue weighted by Gasteiger charge is 2.23. The van der Waals surface area contributed by atoms with Crippen LogP contribution in [0, 0.1) is 0 Å². The van der Waals surface area contributed by atoms with Crippen LogP contribution in [0.25, 0.3) is 0 Å². The van der Waals surface area contributed by atoms with E-state index in [1.165, 1.54) is 6.42 Å². The van der Waals surface area contributed by atoms with Gasteiger partial charge >= 0.3 is 0 Å². The molecule has 84 valence electrons. The average molecular weight is 211 g/mol. The van der Waals surface area contributed by atoms with Crippen molar-refractivity contribution in [1.29, 1.82) is 0 Å². The summed E-state index contributed by atoms with van der Waals surface area (Å²) >= 11 is 0. The number of halogens is 1. The van der Waals surface area contributed by atoms with Crippen molar-refractivity contribution < 1.29 is 4.39 Å². The zero-order chi connectivity index (χ0) is 10.7. The molecule has 1 aromatic rings. The van der Waals surface area contributed by atoms with Crippen LogP contribution in [0.5, 0.6) is 0 Å². The molecule has 3 nitrogen and oxygen atoms in total. The number of piperidine rings is 1. The summed E-state index contributed by atoms with van der Waals surface area (Å²) in [6.45, 7) is 0.950. The van der Waals surface area contributed by atoms with Crippen LogP contribution in [0.15, 0.2) is 12.4 Å². The van der Waals surface area contributed by atoms with Gasteiger partial charge in [0.2, 0.25) is 0 Å². The summed E-state index contributed by atoms with van der Waals surface area (Å²) in [6, 6.07) is 0.0236. The fraction of sp³-hybridized carbons (Fsp3) is 0.727. The minimum Gasteiger partial charge on any atom is -0.338 e. The summed E-state index contributed by atoms with van der Waals surface area (Å²) in [5.74, 6) is 0.829. The molecule has 1 fully saturated rings. The van der Waals surface area contributed by atoms with E-state index >= 15 is 0 Å². The van der Waals surface area contributed by atoms with E-state index in [9.17, 15) is 4.39 Å². The van der Waals surface area contributed by atoms with E-state index in [1.807, 2.05) is 17.8 Å². The molecule has 0 spiro atoms. The van der Waals surface area contributed by atoms with E-state index in [1.54, 1.807) is 6.20 Å². The standard InChI is InChI=1S/C11H18FN3/c1-15-7-6-14-11(15)8-9(12)10-4-2-3-5-13-10/h6-7,9-10,13H,2-5,8H2,1H3. The Morgan fingerprint density at radius 2 is 2.53 bits per heavy atom. The van der Waals surface area contributed by atoms with Gasteiger partial charge in [0.15, 0.2) is 0 Å². The molecule has 15 heavy (non-hydrogen) atoms. The van der Waals surface area contributed by atoms with Crippen LogP contribution < -0.4 is 5.32 Å². The summed E-state index contributed by atoms with van der Waals surface area (Å²) in [6.07, 6.45) is 6.44. The second-order valence-electron chi connectivity index (χ2n) is 4.23. The molecule has 4 heteroatoms. The zero-order valence-electron chi connectivity index (χ0n) is 9.12. The predicted molar refractivity (Wildman–Crippen MR) is 57.4 cm³/mol. The number of nitrogens with one attached hydrogen (secondary N) is 1. The van der Waals surface area contributed by atoms with Gasteiger partial charge < -0.3 is 9.88 Å². The molecule has 0 bridgehead atoms. The van der Waals surface area contributed by atoms with Crippen molar-refractivity contribution in [2.75, 3.05) is 6.54 Å². The van der Waals surface area contributed by atoms with Crippen LogP contribution in [0.2, 0.25) is 0 Å². The fourth-order valence-corrected chi connectivity index (χ4v) is 2.10. The third kappa shape index (κ3) is 2.56. The normalized spacial score (nSPS) is 24.0. The van der Waals surface area contributed by atoms with Gasteiger partial charge in [-0.15, -0.1) is 0 Å². The molecule has 0 aromatic carbocycles. The molecule has 1 saturated heterocycles. The Labute approximate surface area is 89.7 Å². The molecule has 0 radical (unpaired) electrons. The van der Waals surface area contributed by atoms with Crippen molar-refractivity contribution in [3.8, 4) is 0 Å². The molecule has 1 aromatic heterocycles. The molecule has 2 unspecified atom stereocenters. The van der Waals surface area contributed by atoms with Crippen LogP contribution in [-0.4, -0.2) is 28.3 Å². The molecule has 0 aliphatic carbocycles. The minimum absolute atomic E-state index is 0.0236. The van der Waals surface area contributed by atoms with E-state index in [2.05, 4.69) is 10.3 Å². The molecule has 0 amide bonds. The molecule has 1 N–H and O–H groups in total. The van der Waals surface area contributed by atoms with E-state index < -0.39 is 6.17 Å². The zero-order valence-corrected chi connectivity index (χ0v) is 9.12. The molecular formula is C11H18FN3. The number of imidazole rings is 1. The molecule has 2 heterocycles. The largest absolute Gasteiger partial charge is 0.338 e. The molecule has 2 atom stereocenters. The first-order chi connectivity index (χ1) is 7.27. The first kappa shape index (κ1) is 10.6. The number of hydrogen-bond donors (Lipinski definition) is 1. The molecular weight excluding hydrogens is 193 g/mol. The SMILES string of the molecule is Cn1ccnc1CC(F)C1CCCCN1. The van der Waals surface area contributed by atoms with Crippen LogP contribution in [0.4, 0.5) is 4.39 Å². The lowest BCUT2D eigenvalue weighted by Crippen LogP contribution is -2.42. The topological polar surface area (TPSA) is 29.9 Å². The van der Waals surface area contributed by atoms with Gasteiger partial charge in [0.25, 0.3) is 0 Å². The van der Waals surface area contributed by atoms with Crippen LogP contribution >= 0.6 is 0 Å². The third-order valence-corrected chi connectivity index (χ3v) is 3.08. The number of alkyl halides is 1. The minimum atomic E-state index is -0.814. The Morgan fingerprint density at radius 3 is 3.13 bits per heavy atom. The fourth-order valence-electron chi connectivity index (χ4n) is 2.10. The lowest BCUT2D eigenvalue weighted by molar-refractivity contribution is 0.213. The lowest BCUT2D eigenvalue weighted by atomic mass is 9.99. The monoisotopic (exact) mass is 211 g/mol. The smallest absolute Gasteiger partial charge is 0.122 e. The Hall–Kier alpha value is -0.900. The van der Waals surface area contributed by atoms with E-state index in [0.29, 0.717) is 6.42 Å². The summed E-state index contributed by atoms with van der Waals surface area (Å²) in [5.41, 5.74) is 0. The van der Waals surface area contributed by atoms with Crippen molar-refractivity contribution in [2.24, 2.45) is 7.05 Å². The van der Waals surface area contributed by atoms with E-state index in [0.717, 1.165) is 25.2 Å². The number of aromatic nitrogens is 2. The maximum Gasteiger partial charge on any atom is 0.122 e. The van der Waals surface area contributed by atoms with Crippen LogP contribution in [0.1, 0.15) is 25.1 Å². The van der Waals surface area contributed by atoms with Gasteiger partial charge in [-0.25, -0.2) is 9.37 Å². The van der Waals surface area contributed by atoms with Gasteiger partial charge in [0.05, 0.1) is 0 Å². The predicted octanol–water partition coefficient (Wildman–Crippen LogP) is 1.44. The van der Waals surface area contributed by atoms with Crippen molar-refractivity contribution >= 4 is 0 Å². The summed E-state index contributed by atoms with van der Waals surface area (Å²) < 4.78 is 15.8. The second kappa shape index (κ2) is 4.75. The van der Waals surface area contributed by atoms with E-state index in [4.69, 9.17) is 0 Å². The van der Waals surface area contributed by atoms with Gasteiger partial charge in [-0.2, -0.15) is 0 Å². The van der Waals surface area contributed by atoms with Crippen molar-refractivity contribution in [3.63, 3.8) is 0 Å². The average Bonchev–Trinajstić information content (AvgIpc) is 2.66. The van der Waals surface area contributed by atoms with Crippen molar-refractivity contribution in [1.82, 2.24) is 14.9 Å². The van der Waals surface area contributed by atoms with Crippen molar-refractivity contribution in [2.45, 2.75) is 37.9 Å². The van der Waals surface area contributed by atoms with Crippen LogP contribution in [0.3, 0.4) is 0 Å². The quantitative estimate of drug-likeness (QED) is 0.820. The first-order valence-corrected chi connectivity index (χ1v) is 5.61. The Bertz CT molecular complexity index is 305. The Morgan fingerprint density at radius 1 is 1.67 bits per heavy atom. The Kier molecular flexibility index (Phi) is 3.36. The highest BCUT2D eigenvalue weighted by molar-refractivity contribution is 4.95. The highest BCUT2D eigenvalue weighted by atomic mass is 19.1. The van der Waals surface area contributed by atoms with Gasteiger partial charge in [0, 0.05) is 31.9 Å². The maximum absolute atomic E-state index is 13.9. The van der Waals surface area contributed by atoms with Crippen LogP contribution in [-0.2, 0) is 13.5 Å². The van der Waals surface area contributed by atoms with Gasteiger partial charge in [-0.3, -0.25) is 0 Å². The molecule has 0 saturated carbocycles. The van der Waals surface area contributed by atoms with Gasteiger partial charge in [-0.1, -0.05) is 6.42 Å². The Balaban J connectivity index is 1.91. The molecule has 2 rings (SSSR count). The summed E-state index contributed by atoms with van der Waals surface area (Å²) in [4.78, 5) is 4.15. The maximum atomic E-state index is 13.9. The molecule has 1 aliphatic heterocycles. The van der Waals surface area contributed by atoms with E-state index in [-0.39, 0.29) is 6.04 Å². The highest BCUT2D eigenvalue weighted by Crippen LogP contribution is 2.15. The van der Waals surface area contributed by atoms with Gasteiger partial charge in [0.1, 0.15) is 12.0 Å². The molecule has 1 aliphatic rings. The van der Waals surface area contributed by atoms with Crippen molar-refractivity contribution in [3.05, 3.63) is 18.2 Å². The lowest BCUT2D eigenvalue weighted by Gasteiger charge is -2.26. The van der Waals surface area contributed by atoms with Gasteiger partial charge in [-0.05, 0) is 19.4 Å².